The number of hydrogen-bond donors (Lipinski definition) is 0. The second-order valence-corrected chi connectivity index (χ2v) is 9.98. The molecule has 4 aromatic rings. The van der Waals surface area contributed by atoms with Crippen LogP contribution in [0.5, 0.6) is 0 Å². The zero-order valence-electron chi connectivity index (χ0n) is 23.4. The Labute approximate surface area is 235 Å². The van der Waals surface area contributed by atoms with Crippen molar-refractivity contribution in [2.45, 2.75) is 52.5 Å². The van der Waals surface area contributed by atoms with E-state index in [1.165, 1.54) is 24.3 Å². The molecular formula is C34H36F3N3. The van der Waals surface area contributed by atoms with Gasteiger partial charge in [0.05, 0.1) is 17.3 Å². The quantitative estimate of drug-likeness (QED) is 0.222. The first-order valence-electron chi connectivity index (χ1n) is 13.9. The monoisotopic (exact) mass is 543 g/mol. The van der Waals surface area contributed by atoms with Crippen molar-refractivity contribution in [2.75, 3.05) is 18.0 Å². The van der Waals surface area contributed by atoms with E-state index < -0.39 is 11.6 Å². The van der Waals surface area contributed by atoms with Crippen LogP contribution in [0.4, 0.5) is 18.9 Å². The molecular weight excluding hydrogens is 507 g/mol. The lowest BCUT2D eigenvalue weighted by Crippen LogP contribution is -2.25. The second kappa shape index (κ2) is 13.9. The number of pyridine rings is 1. The lowest BCUT2D eigenvalue weighted by Gasteiger charge is -2.23. The van der Waals surface area contributed by atoms with E-state index in [1.54, 1.807) is 6.07 Å². The van der Waals surface area contributed by atoms with Crippen LogP contribution in [0.1, 0.15) is 62.4 Å². The van der Waals surface area contributed by atoms with E-state index in [1.807, 2.05) is 61.7 Å². The van der Waals surface area contributed by atoms with Gasteiger partial charge in [-0.25, -0.2) is 13.2 Å². The normalized spacial score (nSPS) is 14.3. The number of anilines is 1. The van der Waals surface area contributed by atoms with Gasteiger partial charge in [-0.15, -0.1) is 0 Å². The maximum Gasteiger partial charge on any atom is 0.146 e. The summed E-state index contributed by atoms with van der Waals surface area (Å²) in [4.78, 5) is 11.0. The third-order valence-electron chi connectivity index (χ3n) is 6.94. The van der Waals surface area contributed by atoms with E-state index >= 15 is 0 Å². The predicted octanol–water partition coefficient (Wildman–Crippen LogP) is 9.11. The van der Waals surface area contributed by atoms with E-state index in [9.17, 15) is 13.2 Å². The SMILES string of the molecule is CCCN(CCC)c1ccccc1F.Cc1ccc(-c2ccc(C3CCC(c4c(F)cccc4F)=N3)cc2)cn1. The Hall–Kier alpha value is -3.93. The highest BCUT2D eigenvalue weighted by molar-refractivity contribution is 6.02. The average Bonchev–Trinajstić information content (AvgIpc) is 3.44. The van der Waals surface area contributed by atoms with Crippen LogP contribution >= 0.6 is 0 Å². The molecule has 0 spiro atoms. The molecule has 1 aliphatic heterocycles. The minimum Gasteiger partial charge on any atom is -0.369 e. The third kappa shape index (κ3) is 7.17. The summed E-state index contributed by atoms with van der Waals surface area (Å²) in [6.45, 7) is 8.04. The van der Waals surface area contributed by atoms with Gasteiger partial charge in [0.2, 0.25) is 0 Å². The third-order valence-corrected chi connectivity index (χ3v) is 6.94. The van der Waals surface area contributed by atoms with Crippen LogP contribution < -0.4 is 4.90 Å². The molecule has 0 aliphatic carbocycles. The molecule has 0 fully saturated rings. The number of nitrogens with zero attached hydrogens (tertiary/aromatic N) is 3. The maximum atomic E-state index is 14.0. The van der Waals surface area contributed by atoms with Crippen LogP contribution in [0.25, 0.3) is 11.1 Å². The summed E-state index contributed by atoms with van der Waals surface area (Å²) in [5.41, 5.74) is 5.44. The van der Waals surface area contributed by atoms with Crippen molar-refractivity contribution in [3.8, 4) is 11.1 Å². The molecule has 2 heterocycles. The highest BCUT2D eigenvalue weighted by atomic mass is 19.1. The molecule has 0 radical (unpaired) electrons. The fourth-order valence-corrected chi connectivity index (χ4v) is 4.93. The van der Waals surface area contributed by atoms with Gasteiger partial charge in [-0.2, -0.15) is 0 Å². The van der Waals surface area contributed by atoms with Crippen LogP contribution in [-0.2, 0) is 0 Å². The molecule has 208 valence electrons. The maximum absolute atomic E-state index is 14.0. The molecule has 1 atom stereocenters. The topological polar surface area (TPSA) is 28.5 Å². The molecule has 3 aromatic carbocycles. The predicted molar refractivity (Wildman–Crippen MR) is 158 cm³/mol. The zero-order valence-corrected chi connectivity index (χ0v) is 23.4. The lowest BCUT2D eigenvalue weighted by atomic mass is 10.00. The van der Waals surface area contributed by atoms with Crippen molar-refractivity contribution in [1.82, 2.24) is 4.98 Å². The smallest absolute Gasteiger partial charge is 0.146 e. The van der Waals surface area contributed by atoms with Gasteiger partial charge < -0.3 is 4.90 Å². The molecule has 1 unspecified atom stereocenters. The van der Waals surface area contributed by atoms with Crippen molar-refractivity contribution in [1.29, 1.82) is 0 Å². The molecule has 3 nitrogen and oxygen atoms in total. The van der Waals surface area contributed by atoms with Crippen molar-refractivity contribution >= 4 is 11.4 Å². The van der Waals surface area contributed by atoms with Crippen LogP contribution in [0.2, 0.25) is 0 Å². The van der Waals surface area contributed by atoms with Gasteiger partial charge in [0.25, 0.3) is 0 Å². The Kier molecular flexibility index (Phi) is 10.1. The van der Waals surface area contributed by atoms with Crippen molar-refractivity contribution < 1.29 is 13.2 Å². The van der Waals surface area contributed by atoms with Gasteiger partial charge >= 0.3 is 0 Å². The van der Waals surface area contributed by atoms with Gasteiger partial charge in [-0.05, 0) is 74.1 Å². The minimum absolute atomic E-state index is 0.0114. The van der Waals surface area contributed by atoms with E-state index in [-0.39, 0.29) is 17.4 Å². The van der Waals surface area contributed by atoms with Crippen LogP contribution in [-0.4, -0.2) is 23.8 Å². The first-order valence-corrected chi connectivity index (χ1v) is 13.9. The molecule has 0 amide bonds. The van der Waals surface area contributed by atoms with E-state index in [0.29, 0.717) is 12.1 Å². The summed E-state index contributed by atoms with van der Waals surface area (Å²) >= 11 is 0. The lowest BCUT2D eigenvalue weighted by molar-refractivity contribution is 0.578. The number of benzene rings is 3. The fourth-order valence-electron chi connectivity index (χ4n) is 4.93. The summed E-state index contributed by atoms with van der Waals surface area (Å²) in [7, 11) is 0. The second-order valence-electron chi connectivity index (χ2n) is 9.98. The molecule has 5 rings (SSSR count). The summed E-state index contributed by atoms with van der Waals surface area (Å²) < 4.78 is 41.4. The number of para-hydroxylation sites is 1. The van der Waals surface area contributed by atoms with Crippen molar-refractivity contribution in [2.24, 2.45) is 4.99 Å². The number of rotatable bonds is 8. The number of aliphatic imine (C=N–C) groups is 1. The fraction of sp³-hybridized carbons (Fsp3) is 0.294. The molecule has 0 saturated carbocycles. The Morgan fingerprint density at radius 1 is 0.750 bits per heavy atom. The molecule has 0 N–H and O–H groups in total. The highest BCUT2D eigenvalue weighted by Crippen LogP contribution is 2.33. The molecule has 6 heteroatoms. The average molecular weight is 544 g/mol. The number of halogens is 3. The van der Waals surface area contributed by atoms with Gasteiger partial charge in [0.1, 0.15) is 17.5 Å². The van der Waals surface area contributed by atoms with Gasteiger partial charge in [-0.1, -0.05) is 62.4 Å². The number of hydrogen-bond acceptors (Lipinski definition) is 3. The number of aromatic nitrogens is 1. The van der Waals surface area contributed by atoms with Gasteiger partial charge in [-0.3, -0.25) is 9.98 Å². The Bertz CT molecular complexity index is 1390. The molecule has 0 bridgehead atoms. The summed E-state index contributed by atoms with van der Waals surface area (Å²) in [5, 5.41) is 0. The molecule has 0 saturated heterocycles. The number of aryl methyl sites for hydroxylation is 1. The van der Waals surface area contributed by atoms with Crippen molar-refractivity contribution in [3.05, 3.63) is 119 Å². The summed E-state index contributed by atoms with van der Waals surface area (Å²) in [5.74, 6) is -1.22. The van der Waals surface area contributed by atoms with Gasteiger partial charge in [0, 0.05) is 36.3 Å². The zero-order chi connectivity index (χ0) is 28.5. The Morgan fingerprint density at radius 2 is 1.38 bits per heavy atom. The first-order chi connectivity index (χ1) is 19.4. The molecule has 1 aliphatic rings. The minimum atomic E-state index is -0.549. The van der Waals surface area contributed by atoms with E-state index in [0.717, 1.165) is 60.4 Å². The summed E-state index contributed by atoms with van der Waals surface area (Å²) in [6.07, 6.45) is 5.29. The first kappa shape index (κ1) is 29.1. The molecule has 1 aromatic heterocycles. The van der Waals surface area contributed by atoms with E-state index in [2.05, 4.69) is 28.7 Å². The standard InChI is InChI=1S/C22H18F2N2.C12H18FN/c1-14-5-6-17(13-25-14)15-7-9-16(10-8-15)20-11-12-21(26-20)22-18(23)3-2-4-19(22)24;1-3-9-14(10-4-2)12-8-6-5-7-11(12)13/h2-10,13,20H,11-12H2,1H3;5-8H,3-4,9-10H2,1-2H3. The molecule has 40 heavy (non-hydrogen) atoms. The van der Waals surface area contributed by atoms with Crippen LogP contribution in [0.15, 0.2) is 90.1 Å². The summed E-state index contributed by atoms with van der Waals surface area (Å²) in [6, 6.07) is 23.0. The van der Waals surface area contributed by atoms with Crippen molar-refractivity contribution in [3.63, 3.8) is 0 Å². The largest absolute Gasteiger partial charge is 0.369 e. The van der Waals surface area contributed by atoms with Crippen LogP contribution in [0.3, 0.4) is 0 Å². The Balaban J connectivity index is 0.000000224. The van der Waals surface area contributed by atoms with Crippen LogP contribution in [0, 0.1) is 24.4 Å². The highest BCUT2D eigenvalue weighted by Gasteiger charge is 2.24. The van der Waals surface area contributed by atoms with E-state index in [4.69, 9.17) is 0 Å². The van der Waals surface area contributed by atoms with Gasteiger partial charge in [0.15, 0.2) is 0 Å². The Morgan fingerprint density at radius 3 is 1.98 bits per heavy atom.